The first kappa shape index (κ1) is 21.9. The number of piperazine rings is 1. The molecule has 3 aliphatic heterocycles. The average molecular weight is 496 g/mol. The van der Waals surface area contributed by atoms with Crippen LogP contribution in [-0.2, 0) is 7.05 Å². The van der Waals surface area contributed by atoms with Crippen LogP contribution in [0.5, 0.6) is 0 Å². The van der Waals surface area contributed by atoms with Crippen LogP contribution in [0.3, 0.4) is 0 Å². The number of nitrogens with zero attached hydrogens (tertiary/aromatic N) is 7. The molecule has 1 aromatic carbocycles. The topological polar surface area (TPSA) is 98.2 Å². The molecule has 0 saturated carbocycles. The highest BCUT2D eigenvalue weighted by Gasteiger charge is 2.32. The Hall–Kier alpha value is -4.34. The number of anilines is 2. The van der Waals surface area contributed by atoms with Crippen molar-refractivity contribution in [2.45, 2.75) is 18.9 Å². The summed E-state index contributed by atoms with van der Waals surface area (Å²) in [6, 6.07) is 8.86. The maximum absolute atomic E-state index is 13.2. The number of carbonyl (C=O) groups excluding carboxylic acids is 1. The number of benzene rings is 1. The van der Waals surface area contributed by atoms with Crippen LogP contribution in [0.25, 0.3) is 27.5 Å². The lowest BCUT2D eigenvalue weighted by molar-refractivity contribution is 0.109. The number of fused-ring (bicyclic) bond motifs is 3. The number of rotatable bonds is 3. The maximum Gasteiger partial charge on any atom is 0.320 e. The van der Waals surface area contributed by atoms with E-state index >= 15 is 0 Å². The summed E-state index contributed by atoms with van der Waals surface area (Å²) in [5.41, 5.74) is 5.05. The molecule has 3 aromatic heterocycles. The Morgan fingerprint density at radius 1 is 1.14 bits per heavy atom. The number of aryl methyl sites for hydroxylation is 1. The van der Waals surface area contributed by atoms with E-state index in [0.29, 0.717) is 19.1 Å². The number of urea groups is 1. The zero-order valence-corrected chi connectivity index (χ0v) is 20.8. The molecule has 0 spiro atoms. The minimum Gasteiger partial charge on any atom is -0.371 e. The van der Waals surface area contributed by atoms with Gasteiger partial charge in [-0.05, 0) is 48.9 Å². The molecule has 0 bridgehead atoms. The van der Waals surface area contributed by atoms with E-state index in [1.54, 1.807) is 6.33 Å². The van der Waals surface area contributed by atoms with E-state index in [-0.39, 0.29) is 6.03 Å². The van der Waals surface area contributed by atoms with Crippen LogP contribution in [0.2, 0.25) is 0 Å². The predicted octanol–water partition coefficient (Wildman–Crippen LogP) is 3.70. The molecule has 37 heavy (non-hydrogen) atoms. The second kappa shape index (κ2) is 8.65. The minimum atomic E-state index is 0.154. The van der Waals surface area contributed by atoms with Gasteiger partial charge in [0.2, 0.25) is 0 Å². The molecule has 6 heterocycles. The van der Waals surface area contributed by atoms with E-state index in [0.717, 1.165) is 71.6 Å². The van der Waals surface area contributed by atoms with E-state index < -0.39 is 0 Å². The molecular weight excluding hydrogens is 466 g/mol. The molecule has 4 aromatic rings. The van der Waals surface area contributed by atoms with Crippen LogP contribution >= 0.6 is 0 Å². The molecule has 0 aliphatic carbocycles. The van der Waals surface area contributed by atoms with Crippen molar-refractivity contribution in [3.05, 3.63) is 60.8 Å². The number of hydrogen-bond donors (Lipinski definition) is 2. The smallest absolute Gasteiger partial charge is 0.320 e. The molecule has 188 valence electrons. The highest BCUT2D eigenvalue weighted by atomic mass is 16.2. The van der Waals surface area contributed by atoms with Crippen molar-refractivity contribution in [2.75, 3.05) is 38.0 Å². The quantitative estimate of drug-likeness (QED) is 0.450. The molecule has 10 heteroatoms. The first-order chi connectivity index (χ1) is 18.1. The van der Waals surface area contributed by atoms with E-state index in [9.17, 15) is 4.79 Å². The van der Waals surface area contributed by atoms with Crippen molar-refractivity contribution in [3.8, 4) is 0 Å². The molecule has 0 radical (unpaired) electrons. The molecular formula is C27H29N9O. The summed E-state index contributed by atoms with van der Waals surface area (Å²) in [6.45, 7) is 3.85. The third kappa shape index (κ3) is 3.89. The third-order valence-corrected chi connectivity index (χ3v) is 7.76. The van der Waals surface area contributed by atoms with E-state index in [1.807, 2.05) is 33.8 Å². The van der Waals surface area contributed by atoms with E-state index in [1.165, 1.54) is 5.57 Å². The van der Waals surface area contributed by atoms with Crippen LogP contribution in [0.15, 0.2) is 55.1 Å². The molecule has 1 unspecified atom stereocenters. The predicted molar refractivity (Wildman–Crippen MR) is 143 cm³/mol. The fraction of sp³-hybridized carbons (Fsp3) is 0.333. The number of aromatic amines is 1. The molecule has 2 amide bonds. The number of carbonyl (C=O) groups is 1. The maximum atomic E-state index is 13.2. The Bertz CT molecular complexity index is 1560. The minimum absolute atomic E-state index is 0.154. The van der Waals surface area contributed by atoms with Crippen LogP contribution < -0.4 is 5.32 Å². The van der Waals surface area contributed by atoms with Gasteiger partial charge in [0.1, 0.15) is 17.8 Å². The van der Waals surface area contributed by atoms with Gasteiger partial charge in [-0.1, -0.05) is 12.2 Å². The molecule has 3 aliphatic rings. The lowest BCUT2D eigenvalue weighted by Gasteiger charge is -2.40. The molecule has 10 nitrogen and oxygen atoms in total. The average Bonchev–Trinajstić information content (AvgIpc) is 3.67. The van der Waals surface area contributed by atoms with Crippen molar-refractivity contribution in [1.29, 1.82) is 0 Å². The lowest BCUT2D eigenvalue weighted by Crippen LogP contribution is -2.55. The van der Waals surface area contributed by atoms with Gasteiger partial charge >= 0.3 is 6.03 Å². The molecule has 7 rings (SSSR count). The summed E-state index contributed by atoms with van der Waals surface area (Å²) in [5.74, 6) is 0.754. The highest BCUT2D eigenvalue weighted by Crippen LogP contribution is 2.30. The standard InChI is InChI=1S/C27H29N9O/c1-33-24-5-4-20(13-19(24)15-30-33)31-25-22-14-23(32-26(22)29-17-28-25)18-6-9-35(10-7-18)27(37)36-12-11-34-8-2-3-21(34)16-36/h2,4-6,8,13-15,17,21H,3,7,9-12,16H2,1H3,(H2,28,29,31,32). The van der Waals surface area contributed by atoms with Gasteiger partial charge in [-0.2, -0.15) is 5.10 Å². The monoisotopic (exact) mass is 495 g/mol. The van der Waals surface area contributed by atoms with Crippen molar-refractivity contribution >= 4 is 45.0 Å². The molecule has 2 N–H and O–H groups in total. The fourth-order valence-electron chi connectivity index (χ4n) is 5.68. The number of hydrogen-bond acceptors (Lipinski definition) is 6. The summed E-state index contributed by atoms with van der Waals surface area (Å²) in [7, 11) is 1.94. The SMILES string of the molecule is Cn1ncc2cc(Nc3ncnc4[nH]c(C5=CCN(C(=O)N6CCN7C=CCC7C6)CC5)cc34)ccc21. The largest absolute Gasteiger partial charge is 0.371 e. The van der Waals surface area contributed by atoms with Crippen molar-refractivity contribution in [1.82, 2.24) is 39.4 Å². The summed E-state index contributed by atoms with van der Waals surface area (Å²) < 4.78 is 1.86. The summed E-state index contributed by atoms with van der Waals surface area (Å²) in [4.78, 5) is 31.9. The third-order valence-electron chi connectivity index (χ3n) is 7.76. The van der Waals surface area contributed by atoms with Crippen molar-refractivity contribution in [2.24, 2.45) is 7.05 Å². The second-order valence-corrected chi connectivity index (χ2v) is 10.0. The van der Waals surface area contributed by atoms with Crippen molar-refractivity contribution < 1.29 is 4.79 Å². The van der Waals surface area contributed by atoms with E-state index in [4.69, 9.17) is 0 Å². The van der Waals surface area contributed by atoms with Gasteiger partial charge < -0.3 is 25.0 Å². The Balaban J connectivity index is 1.07. The molecule has 1 fully saturated rings. The van der Waals surface area contributed by atoms with Gasteiger partial charge in [0, 0.05) is 62.6 Å². The molecule has 1 atom stereocenters. The first-order valence-corrected chi connectivity index (χ1v) is 12.8. The van der Waals surface area contributed by atoms with Gasteiger partial charge in [-0.15, -0.1) is 0 Å². The Labute approximate surface area is 214 Å². The van der Waals surface area contributed by atoms with Gasteiger partial charge in [-0.3, -0.25) is 4.68 Å². The van der Waals surface area contributed by atoms with Gasteiger partial charge in [0.05, 0.1) is 17.1 Å². The summed E-state index contributed by atoms with van der Waals surface area (Å²) in [6.07, 6.45) is 11.8. The number of amides is 2. The summed E-state index contributed by atoms with van der Waals surface area (Å²) >= 11 is 0. The fourth-order valence-corrected chi connectivity index (χ4v) is 5.68. The van der Waals surface area contributed by atoms with Crippen LogP contribution in [0, 0.1) is 0 Å². The van der Waals surface area contributed by atoms with Gasteiger partial charge in [0.15, 0.2) is 0 Å². The van der Waals surface area contributed by atoms with E-state index in [2.05, 4.69) is 66.8 Å². The zero-order valence-electron chi connectivity index (χ0n) is 20.8. The second-order valence-electron chi connectivity index (χ2n) is 10.0. The number of nitrogens with one attached hydrogen (secondary N) is 2. The van der Waals surface area contributed by atoms with Crippen LogP contribution in [0.1, 0.15) is 18.5 Å². The molecule has 1 saturated heterocycles. The van der Waals surface area contributed by atoms with Gasteiger partial charge in [-0.25, -0.2) is 14.8 Å². The Morgan fingerprint density at radius 3 is 2.97 bits per heavy atom. The highest BCUT2D eigenvalue weighted by molar-refractivity contribution is 5.93. The normalized spacial score (nSPS) is 19.5. The van der Waals surface area contributed by atoms with Crippen LogP contribution in [0.4, 0.5) is 16.3 Å². The lowest BCUT2D eigenvalue weighted by atomic mass is 10.0. The first-order valence-electron chi connectivity index (χ1n) is 12.8. The Kier molecular flexibility index (Phi) is 5.12. The zero-order chi connectivity index (χ0) is 24.9. The van der Waals surface area contributed by atoms with Gasteiger partial charge in [0.25, 0.3) is 0 Å². The number of aromatic nitrogens is 5. The number of H-pyrrole nitrogens is 1. The Morgan fingerprint density at radius 2 is 2.08 bits per heavy atom. The summed E-state index contributed by atoms with van der Waals surface area (Å²) in [5, 5.41) is 9.78. The van der Waals surface area contributed by atoms with Crippen LogP contribution in [-0.4, -0.2) is 84.2 Å². The van der Waals surface area contributed by atoms with Crippen molar-refractivity contribution in [3.63, 3.8) is 0 Å².